The number of nitrogens with one attached hydrogen (secondary N) is 1. The van der Waals surface area contributed by atoms with Crippen molar-refractivity contribution in [1.29, 1.82) is 0 Å². The van der Waals surface area contributed by atoms with Crippen LogP contribution in [0.2, 0.25) is 6.82 Å². The van der Waals surface area contributed by atoms with E-state index in [2.05, 4.69) is 54.8 Å². The summed E-state index contributed by atoms with van der Waals surface area (Å²) in [5.41, 5.74) is 3.71. The van der Waals surface area contributed by atoms with Gasteiger partial charge in [0.25, 0.3) is 0 Å². The van der Waals surface area contributed by atoms with Crippen LogP contribution in [-0.2, 0) is 22.7 Å². The summed E-state index contributed by atoms with van der Waals surface area (Å²) in [6, 6.07) is 3.08. The van der Waals surface area contributed by atoms with Crippen molar-refractivity contribution in [3.63, 3.8) is 0 Å². The van der Waals surface area contributed by atoms with Gasteiger partial charge in [0, 0.05) is 54.3 Å². The van der Waals surface area contributed by atoms with Crippen LogP contribution in [0, 0.1) is 19.3 Å². The molecule has 13 heteroatoms. The highest BCUT2D eigenvalue weighted by Crippen LogP contribution is 2.59. The molecule has 45 heavy (non-hydrogen) atoms. The molecule has 0 unspecified atom stereocenters. The fourth-order valence-corrected chi connectivity index (χ4v) is 6.24. The van der Waals surface area contributed by atoms with Crippen LogP contribution in [0.25, 0.3) is 11.6 Å². The number of Topliss-reactive ketones (excluding diaryl/α,β-unsaturated/α-hetero) is 1. The molecule has 1 saturated heterocycles. The maximum absolute atomic E-state index is 14.0. The Balaban J connectivity index is 1.41. The largest absolute Gasteiger partial charge is 0.346 e. The molecule has 3 aromatic heterocycles. The molecule has 0 aromatic carbocycles. The number of piperidine rings is 1. The van der Waals surface area contributed by atoms with Gasteiger partial charge in [-0.05, 0) is 72.8 Å². The number of hydrogen-bond donors (Lipinski definition) is 1. The zero-order chi connectivity index (χ0) is 32.6. The summed E-state index contributed by atoms with van der Waals surface area (Å²) in [5, 5.41) is 7.56. The summed E-state index contributed by atoms with van der Waals surface area (Å²) in [7, 11) is 3.90. The lowest BCUT2D eigenvalue weighted by atomic mass is 9.96. The van der Waals surface area contributed by atoms with Crippen LogP contribution in [-0.4, -0.2) is 78.6 Å². The van der Waals surface area contributed by atoms with Crippen LogP contribution in [0.15, 0.2) is 41.8 Å². The van der Waals surface area contributed by atoms with Gasteiger partial charge in [-0.3, -0.25) is 19.1 Å². The minimum absolute atomic E-state index is 0.0343. The number of pyridine rings is 1. The maximum atomic E-state index is 14.0. The standard InChI is InChI=1S/C32H37BBrN8O3/c1-8-21(23-14-35-20(4)36-15-23)11-24-18(2)41(39-29(24)19(3)43)17-28(44)42-25(12-32(5)13-26(32)42)31(45)38-30-22(16-40(7)33-6)9-10-27(34)37-30/h8-11,14-15,25-26H,1,12-13,16-17H2,2-7H3,(H,37,38,45)/b21-11+/t25-,26+,32-/m0/s1. The fraction of sp³-hybridized carbons (Fsp3) is 0.406. The predicted octanol–water partition coefficient (Wildman–Crippen LogP) is 4.49. The van der Waals surface area contributed by atoms with Crippen LogP contribution in [0.5, 0.6) is 0 Å². The van der Waals surface area contributed by atoms with E-state index in [1.165, 1.54) is 6.92 Å². The first-order valence-corrected chi connectivity index (χ1v) is 15.6. The van der Waals surface area contributed by atoms with Crippen LogP contribution < -0.4 is 5.32 Å². The Bertz CT molecular complexity index is 1700. The van der Waals surface area contributed by atoms with Crippen LogP contribution >= 0.6 is 15.9 Å². The third-order valence-electron chi connectivity index (χ3n) is 8.78. The molecular formula is C32H37BBrN8O3. The van der Waals surface area contributed by atoms with Gasteiger partial charge in [-0.15, -0.1) is 0 Å². The van der Waals surface area contributed by atoms with Crippen molar-refractivity contribution in [2.45, 2.75) is 72.5 Å². The number of carbonyl (C=O) groups is 3. The van der Waals surface area contributed by atoms with E-state index in [-0.39, 0.29) is 41.3 Å². The summed E-state index contributed by atoms with van der Waals surface area (Å²) in [6.45, 7) is 13.5. The molecule has 3 atom stereocenters. The average molecular weight is 672 g/mol. The Hall–Kier alpha value is -3.97. The Morgan fingerprint density at radius 3 is 2.58 bits per heavy atom. The zero-order valence-electron chi connectivity index (χ0n) is 26.5. The quantitative estimate of drug-likeness (QED) is 0.137. The number of allylic oxidation sites excluding steroid dienone is 2. The monoisotopic (exact) mass is 671 g/mol. The molecule has 2 aliphatic rings. The summed E-state index contributed by atoms with van der Waals surface area (Å²) in [4.78, 5) is 57.2. The second-order valence-electron chi connectivity index (χ2n) is 12.1. The zero-order valence-corrected chi connectivity index (χ0v) is 28.1. The first-order valence-electron chi connectivity index (χ1n) is 14.8. The van der Waals surface area contributed by atoms with Gasteiger partial charge in [0.15, 0.2) is 5.78 Å². The Kier molecular flexibility index (Phi) is 9.22. The highest BCUT2D eigenvalue weighted by atomic mass is 79.9. The van der Waals surface area contributed by atoms with Gasteiger partial charge in [0.05, 0.1) is 0 Å². The number of amides is 2. The van der Waals surface area contributed by atoms with Gasteiger partial charge < -0.3 is 15.0 Å². The van der Waals surface area contributed by atoms with Crippen molar-refractivity contribution in [3.05, 3.63) is 75.7 Å². The van der Waals surface area contributed by atoms with Gasteiger partial charge in [0.2, 0.25) is 19.2 Å². The minimum atomic E-state index is -0.651. The van der Waals surface area contributed by atoms with Gasteiger partial charge >= 0.3 is 0 Å². The van der Waals surface area contributed by atoms with Crippen molar-refractivity contribution in [1.82, 2.24) is 34.4 Å². The van der Waals surface area contributed by atoms with Gasteiger partial charge in [-0.2, -0.15) is 5.10 Å². The molecular weight excluding hydrogens is 635 g/mol. The van der Waals surface area contributed by atoms with E-state index in [9.17, 15) is 14.4 Å². The number of anilines is 1. The Morgan fingerprint density at radius 1 is 1.22 bits per heavy atom. The molecule has 1 aliphatic heterocycles. The molecule has 11 nitrogen and oxygen atoms in total. The maximum Gasteiger partial charge on any atom is 0.248 e. The smallest absolute Gasteiger partial charge is 0.248 e. The van der Waals surface area contributed by atoms with Crippen LogP contribution in [0.4, 0.5) is 5.82 Å². The Morgan fingerprint density at radius 2 is 1.93 bits per heavy atom. The highest BCUT2D eigenvalue weighted by molar-refractivity contribution is 9.10. The van der Waals surface area contributed by atoms with Gasteiger partial charge in [-0.25, -0.2) is 15.0 Å². The molecule has 2 fully saturated rings. The molecule has 1 radical (unpaired) electrons. The highest BCUT2D eigenvalue weighted by Gasteiger charge is 2.64. The molecule has 233 valence electrons. The number of likely N-dealkylation sites (tertiary alicyclic amines) is 1. The first kappa shape index (κ1) is 32.4. The van der Waals surface area contributed by atoms with E-state index >= 15 is 0 Å². The number of fused-ring (bicyclic) bond motifs is 1. The van der Waals surface area contributed by atoms with Crippen molar-refractivity contribution >= 4 is 58.4 Å². The lowest BCUT2D eigenvalue weighted by Crippen LogP contribution is -2.47. The summed E-state index contributed by atoms with van der Waals surface area (Å²) in [6.07, 6.45) is 8.29. The van der Waals surface area contributed by atoms with E-state index in [0.717, 1.165) is 23.1 Å². The SMILES string of the molecule is C=C/C(=C\c1c(C(C)=O)nn(CC(=O)N2[C@H](C(=O)Nc3nc(Br)ccc3CN(C)[B]C)C[C@@]3(C)C[C@@H]23)c1C)c1cnc(C)nc1. The van der Waals surface area contributed by atoms with Crippen molar-refractivity contribution < 1.29 is 14.4 Å². The summed E-state index contributed by atoms with van der Waals surface area (Å²) in [5.74, 6) is 0.384. The van der Waals surface area contributed by atoms with Crippen LogP contribution in [0.3, 0.4) is 0 Å². The normalized spacial score (nSPS) is 20.6. The van der Waals surface area contributed by atoms with Gasteiger partial charge in [-0.1, -0.05) is 32.5 Å². The van der Waals surface area contributed by atoms with Gasteiger partial charge in [0.1, 0.15) is 34.5 Å². The number of rotatable bonds is 11. The molecule has 5 rings (SSSR count). The molecule has 1 aliphatic carbocycles. The number of carbonyl (C=O) groups excluding carboxylic acids is 3. The lowest BCUT2D eigenvalue weighted by Gasteiger charge is -2.27. The van der Waals surface area contributed by atoms with Crippen molar-refractivity contribution in [2.24, 2.45) is 5.41 Å². The number of nitrogens with zero attached hydrogens (tertiary/aromatic N) is 7. The predicted molar refractivity (Wildman–Crippen MR) is 177 cm³/mol. The molecule has 2 amide bonds. The van der Waals surface area contributed by atoms with E-state index < -0.39 is 6.04 Å². The van der Waals surface area contributed by atoms with Crippen molar-refractivity contribution in [2.75, 3.05) is 12.4 Å². The first-order chi connectivity index (χ1) is 21.3. The third kappa shape index (κ3) is 6.69. The van der Waals surface area contributed by atoms with E-state index in [0.29, 0.717) is 40.5 Å². The molecule has 0 spiro atoms. The number of halogens is 1. The molecule has 1 N–H and O–H groups in total. The third-order valence-corrected chi connectivity index (χ3v) is 9.22. The second kappa shape index (κ2) is 12.8. The van der Waals surface area contributed by atoms with Crippen molar-refractivity contribution in [3.8, 4) is 0 Å². The molecule has 3 aromatic rings. The number of aryl methyl sites for hydroxylation is 1. The average Bonchev–Trinajstić information content (AvgIpc) is 3.42. The van der Waals surface area contributed by atoms with E-state index in [4.69, 9.17) is 0 Å². The molecule has 1 saturated carbocycles. The molecule has 4 heterocycles. The van der Waals surface area contributed by atoms with E-state index in [1.54, 1.807) is 35.0 Å². The number of hydrogen-bond acceptors (Lipinski definition) is 8. The summed E-state index contributed by atoms with van der Waals surface area (Å²) >= 11 is 3.41. The second-order valence-corrected chi connectivity index (χ2v) is 12.9. The van der Waals surface area contributed by atoms with Crippen LogP contribution in [0.1, 0.15) is 65.4 Å². The summed E-state index contributed by atoms with van der Waals surface area (Å²) < 4.78 is 2.16. The lowest BCUT2D eigenvalue weighted by molar-refractivity contribution is -0.138. The molecule has 0 bridgehead atoms. The minimum Gasteiger partial charge on any atom is -0.346 e. The van der Waals surface area contributed by atoms with E-state index in [1.807, 2.05) is 51.2 Å². The Labute approximate surface area is 272 Å². The number of ketones is 1. The fourth-order valence-electron chi connectivity index (χ4n) is 5.93. The number of aromatic nitrogens is 5. The topological polar surface area (TPSA) is 126 Å².